The molecule has 8 bridgehead atoms. The third kappa shape index (κ3) is 6.30. The lowest BCUT2D eigenvalue weighted by molar-refractivity contribution is -0.164. The minimum atomic E-state index is -2.84. The Morgan fingerprint density at radius 1 is 0.451 bits per heavy atom. The van der Waals surface area contributed by atoms with Crippen LogP contribution >= 0.6 is 0 Å². The molecule has 4 aliphatic heterocycles. The minimum Gasteiger partial charge on any atom is -0.354 e. The first kappa shape index (κ1) is 46.4. The first-order chi connectivity index (χ1) is 33.5. The van der Waals surface area contributed by atoms with Gasteiger partial charge in [-0.25, -0.2) is 97.6 Å². The molecule has 0 fully saturated rings. The van der Waals surface area contributed by atoms with E-state index in [1.165, 1.54) is 0 Å². The molecule has 26 heteroatoms. The molecule has 0 aliphatic carbocycles. The van der Waals surface area contributed by atoms with Crippen molar-refractivity contribution < 1.29 is 97.4 Å². The van der Waals surface area contributed by atoms with Gasteiger partial charge in [0.2, 0.25) is 23.3 Å². The van der Waals surface area contributed by atoms with E-state index in [0.29, 0.717) is 36.4 Å². The van der Waals surface area contributed by atoms with Crippen molar-refractivity contribution in [2.24, 2.45) is 4.99 Å². The highest BCUT2D eigenvalue weighted by Crippen LogP contribution is 2.49. The van der Waals surface area contributed by atoms with E-state index in [2.05, 4.69) is 15.0 Å². The largest absolute Gasteiger partial charge is 0.367 e. The third-order valence-electron chi connectivity index (χ3n) is 11.4. The van der Waals surface area contributed by atoms with Crippen molar-refractivity contribution in [2.75, 3.05) is 0 Å². The predicted octanol–water partition coefficient (Wildman–Crippen LogP) is 10.4. The number of nitrogens with one attached hydrogen (secondary N) is 2. The first-order valence-electron chi connectivity index (χ1n) is 19.2. The lowest BCUT2D eigenvalue weighted by Crippen LogP contribution is -2.29. The number of benzene rings is 4. The summed E-state index contributed by atoms with van der Waals surface area (Å²) in [5.41, 5.74) is -21.9. The monoisotopic (exact) mass is 1020 g/mol. The Labute approximate surface area is 377 Å². The number of aliphatic imine (C=N–C) groups is 1. The van der Waals surface area contributed by atoms with Crippen LogP contribution in [0.5, 0.6) is 0 Å². The number of hydrogen-bond acceptors (Lipinski definition) is 4. The number of rotatable bonds is 4. The van der Waals surface area contributed by atoms with Crippen LogP contribution in [0.25, 0.3) is 33.4 Å². The summed E-state index contributed by atoms with van der Waals surface area (Å²) >= 11 is 0. The fraction of sp³-hybridized carbons (Fsp3) is 0.0222. The van der Waals surface area contributed by atoms with Gasteiger partial charge >= 0.3 is 5.97 Å². The zero-order valence-corrected chi connectivity index (χ0v) is 33.4. The van der Waals surface area contributed by atoms with Crippen LogP contribution in [0.1, 0.15) is 34.5 Å². The number of allylic oxidation sites excluding steroid dienone is 4. The van der Waals surface area contributed by atoms with Crippen LogP contribution in [-0.2, 0) is 9.63 Å². The van der Waals surface area contributed by atoms with Gasteiger partial charge in [0.25, 0.3) is 0 Å². The summed E-state index contributed by atoms with van der Waals surface area (Å²) in [6, 6.07) is 1.57. The van der Waals surface area contributed by atoms with Crippen molar-refractivity contribution in [3.63, 3.8) is 0 Å². The van der Waals surface area contributed by atoms with Gasteiger partial charge in [-0.1, -0.05) is 6.08 Å². The van der Waals surface area contributed by atoms with E-state index >= 15 is 61.5 Å². The van der Waals surface area contributed by atoms with Gasteiger partial charge in [-0.2, -0.15) is 5.06 Å². The molecule has 0 unspecified atom stereocenters. The Hall–Kier alpha value is -8.32. The number of nitrogens with zero attached hydrogens (tertiary/aromatic N) is 2. The van der Waals surface area contributed by atoms with Gasteiger partial charge in [0, 0.05) is 39.4 Å². The molecule has 0 atom stereocenters. The van der Waals surface area contributed by atoms with Crippen LogP contribution in [0, 0.1) is 116 Å². The Bertz CT molecular complexity index is 3740. The summed E-state index contributed by atoms with van der Waals surface area (Å²) < 4.78 is 307. The maximum atomic E-state index is 16.2. The summed E-state index contributed by atoms with van der Waals surface area (Å²) in [6.45, 7) is 0. The Morgan fingerprint density at radius 3 is 1.31 bits per heavy atom. The molecule has 4 aromatic carbocycles. The second-order valence-electron chi connectivity index (χ2n) is 15.2. The second kappa shape index (κ2) is 15.9. The molecule has 0 saturated carbocycles. The van der Waals surface area contributed by atoms with E-state index in [-0.39, 0.29) is 5.06 Å². The number of hydrogen-bond donors (Lipinski definition) is 2. The van der Waals surface area contributed by atoms with Crippen molar-refractivity contribution in [1.29, 1.82) is 0 Å². The zero-order valence-electron chi connectivity index (χ0n) is 33.4. The summed E-state index contributed by atoms with van der Waals surface area (Å²) in [6.07, 6.45) is 0.649. The molecule has 71 heavy (non-hydrogen) atoms. The van der Waals surface area contributed by atoms with Gasteiger partial charge < -0.3 is 14.8 Å². The SMILES string of the molecule is O=C1ON2C3=CCC2=C(c2c(F)c(F)c(F)c(F)c2F)c2[nH]c(cc2-c2c(F)c(F)c(F)c(F)c2F)C1=C1C=CC(=N1)C(c1c(F)c(F)c(F)c(F)c1F)=c1ccc([nH]1)=C3c1c(F)c(F)c(F)c(F)c1F. The van der Waals surface area contributed by atoms with Gasteiger partial charge in [0.05, 0.1) is 56.4 Å². The molecule has 0 saturated heterocycles. The highest BCUT2D eigenvalue weighted by Gasteiger charge is 2.43. The maximum Gasteiger partial charge on any atom is 0.367 e. The minimum absolute atomic E-state index is 0.0911. The summed E-state index contributed by atoms with van der Waals surface area (Å²) in [5.74, 6) is -56.4. The normalized spacial score (nSPS) is 15.3. The fourth-order valence-corrected chi connectivity index (χ4v) is 8.34. The summed E-state index contributed by atoms with van der Waals surface area (Å²) in [5, 5.41) is -2.01. The molecule has 4 aliphatic rings. The summed E-state index contributed by atoms with van der Waals surface area (Å²) in [4.78, 5) is 28.7. The van der Waals surface area contributed by atoms with Gasteiger partial charge in [-0.3, -0.25) is 0 Å². The number of carbonyl (C=O) groups excluding carboxylic acids is 1. The van der Waals surface area contributed by atoms with Crippen LogP contribution in [0.15, 0.2) is 58.5 Å². The molecule has 6 aromatic rings. The van der Waals surface area contributed by atoms with Crippen molar-refractivity contribution in [3.8, 4) is 11.1 Å². The van der Waals surface area contributed by atoms with Crippen LogP contribution in [0.2, 0.25) is 0 Å². The van der Waals surface area contributed by atoms with Crippen LogP contribution in [0.3, 0.4) is 0 Å². The number of halogens is 20. The van der Waals surface area contributed by atoms with Crippen molar-refractivity contribution in [1.82, 2.24) is 15.0 Å². The molecule has 6 nitrogen and oxygen atoms in total. The topological polar surface area (TPSA) is 73.5 Å². The molecule has 6 heterocycles. The van der Waals surface area contributed by atoms with Crippen molar-refractivity contribution in [3.05, 3.63) is 209 Å². The zero-order chi connectivity index (χ0) is 51.3. The lowest BCUT2D eigenvalue weighted by Gasteiger charge is -2.27. The maximum absolute atomic E-state index is 16.2. The molecule has 2 aromatic heterocycles. The highest BCUT2D eigenvalue weighted by atomic mass is 19.2. The predicted molar refractivity (Wildman–Crippen MR) is 200 cm³/mol. The van der Waals surface area contributed by atoms with Crippen molar-refractivity contribution >= 4 is 34.0 Å². The Morgan fingerprint density at radius 2 is 0.845 bits per heavy atom. The molecule has 362 valence electrons. The van der Waals surface area contributed by atoms with Gasteiger partial charge in [-0.15, -0.1) is 0 Å². The van der Waals surface area contributed by atoms with E-state index < -0.39 is 224 Å². The molecular weight excluding hydrogens is 1010 g/mol. The Balaban J connectivity index is 1.46. The van der Waals surface area contributed by atoms with E-state index in [9.17, 15) is 31.1 Å². The standard InChI is InChI=1S/C45H10F20N4O2/c46-24-16(25(47)33(55)40(62)32(24)54)8-7-13-18-11-3-1-9(66-11)17(21-26(48)34(56)41(63)35(57)27(21)49)10-2-4-12(67-10)19(22-28(50)36(58)42(64)37(59)29(22)51)14-5-6-15(69(14)71-45(18)70)20(44(8)68-13)23-30(52)38(60)43(65)39(61)31(23)53/h1-5,7,67-68H,6H2. The quantitative estimate of drug-likeness (QED) is 0.105. The van der Waals surface area contributed by atoms with E-state index in [1.54, 1.807) is 0 Å². The average Bonchev–Trinajstić information content (AvgIpc) is 4.19. The molecule has 0 radical (unpaired) electrons. The Kier molecular flexibility index (Phi) is 10.4. The number of H-pyrrole nitrogens is 2. The van der Waals surface area contributed by atoms with Crippen LogP contribution in [-0.4, -0.2) is 26.7 Å². The van der Waals surface area contributed by atoms with Gasteiger partial charge in [-0.05, 0) is 30.4 Å². The molecular formula is C45H10F20N4O2. The third-order valence-corrected chi connectivity index (χ3v) is 11.4. The van der Waals surface area contributed by atoms with Gasteiger partial charge in [0.15, 0.2) is 93.1 Å². The van der Waals surface area contributed by atoms with Crippen molar-refractivity contribution in [2.45, 2.75) is 6.42 Å². The van der Waals surface area contributed by atoms with E-state index in [0.717, 1.165) is 0 Å². The molecule has 0 amide bonds. The van der Waals surface area contributed by atoms with Crippen LogP contribution < -0.4 is 10.7 Å². The first-order valence-corrected chi connectivity index (χ1v) is 19.2. The van der Waals surface area contributed by atoms with E-state index in [4.69, 9.17) is 4.84 Å². The summed E-state index contributed by atoms with van der Waals surface area (Å²) in [7, 11) is 0. The molecule has 10 rings (SSSR count). The fourth-order valence-electron chi connectivity index (χ4n) is 8.34. The number of fused-ring (bicyclic) bond motifs is 8. The number of aromatic nitrogens is 2. The number of hydroxylamine groups is 2. The molecule has 0 spiro atoms. The lowest BCUT2D eigenvalue weighted by atomic mass is 9.92. The highest BCUT2D eigenvalue weighted by molar-refractivity contribution is 6.31. The number of aromatic amines is 2. The average molecular weight is 1020 g/mol. The molecule has 2 N–H and O–H groups in total. The number of carbonyl (C=O) groups is 1. The van der Waals surface area contributed by atoms with E-state index in [1.807, 2.05) is 0 Å². The second-order valence-corrected chi connectivity index (χ2v) is 15.2. The van der Waals surface area contributed by atoms with Crippen LogP contribution in [0.4, 0.5) is 87.8 Å². The smallest absolute Gasteiger partial charge is 0.354 e. The van der Waals surface area contributed by atoms with Gasteiger partial charge in [0.1, 0.15) is 5.57 Å².